The Hall–Kier alpha value is -1.19. The van der Waals surface area contributed by atoms with E-state index in [-0.39, 0.29) is 0 Å². The zero-order valence-corrected chi connectivity index (χ0v) is 11.1. The Balaban J connectivity index is 2.04. The number of pyridine rings is 1. The van der Waals surface area contributed by atoms with Crippen LogP contribution in [-0.2, 0) is 6.42 Å². The van der Waals surface area contributed by atoms with Gasteiger partial charge < -0.3 is 5.32 Å². The Morgan fingerprint density at radius 2 is 2.24 bits per heavy atom. The fourth-order valence-electron chi connectivity index (χ4n) is 2.06. The van der Waals surface area contributed by atoms with Crippen molar-refractivity contribution in [1.82, 2.24) is 10.3 Å². The van der Waals surface area contributed by atoms with Gasteiger partial charge in [-0.05, 0) is 49.9 Å². The Kier molecular flexibility index (Phi) is 4.29. The molecule has 90 valence electrons. The number of hydrogen-bond acceptors (Lipinski definition) is 3. The fourth-order valence-corrected chi connectivity index (χ4v) is 2.79. The van der Waals surface area contributed by atoms with Crippen molar-refractivity contribution >= 4 is 11.3 Å². The average Bonchev–Trinajstić information content (AvgIpc) is 2.85. The standard InChI is InChI=1S/C14H18N2S/c1-11-13(6-3-9-16-11)14(15-2)8-7-12-5-4-10-17-12/h3-6,9-10,14-15H,7-8H2,1-2H3. The van der Waals surface area contributed by atoms with E-state index in [1.807, 2.05) is 30.6 Å². The second kappa shape index (κ2) is 5.94. The summed E-state index contributed by atoms with van der Waals surface area (Å²) in [4.78, 5) is 5.81. The van der Waals surface area contributed by atoms with Gasteiger partial charge in [0.25, 0.3) is 0 Å². The molecule has 17 heavy (non-hydrogen) atoms. The first kappa shape index (κ1) is 12.3. The molecule has 0 radical (unpaired) electrons. The van der Waals surface area contributed by atoms with Crippen LogP contribution in [0.15, 0.2) is 35.8 Å². The predicted molar refractivity (Wildman–Crippen MR) is 73.4 cm³/mol. The monoisotopic (exact) mass is 246 g/mol. The lowest BCUT2D eigenvalue weighted by atomic mass is 10.0. The quantitative estimate of drug-likeness (QED) is 0.875. The second-order valence-corrected chi connectivity index (χ2v) is 5.17. The predicted octanol–water partition coefficient (Wildman–Crippen LogP) is 3.34. The summed E-state index contributed by atoms with van der Waals surface area (Å²) in [5.74, 6) is 0. The maximum Gasteiger partial charge on any atom is 0.0420 e. The van der Waals surface area contributed by atoms with Gasteiger partial charge in [0.2, 0.25) is 0 Å². The van der Waals surface area contributed by atoms with E-state index in [2.05, 4.69) is 40.8 Å². The third-order valence-electron chi connectivity index (χ3n) is 3.03. The number of rotatable bonds is 5. The van der Waals surface area contributed by atoms with Crippen molar-refractivity contribution in [3.05, 3.63) is 52.0 Å². The van der Waals surface area contributed by atoms with E-state index >= 15 is 0 Å². The minimum atomic E-state index is 0.394. The molecule has 2 nitrogen and oxygen atoms in total. The Morgan fingerprint density at radius 3 is 2.88 bits per heavy atom. The van der Waals surface area contributed by atoms with Crippen LogP contribution in [0.2, 0.25) is 0 Å². The minimum absolute atomic E-state index is 0.394. The van der Waals surface area contributed by atoms with Gasteiger partial charge in [-0.25, -0.2) is 0 Å². The number of aromatic nitrogens is 1. The third kappa shape index (κ3) is 3.14. The molecule has 0 amide bonds. The Morgan fingerprint density at radius 1 is 1.35 bits per heavy atom. The second-order valence-electron chi connectivity index (χ2n) is 4.14. The van der Waals surface area contributed by atoms with Gasteiger partial charge >= 0.3 is 0 Å². The molecule has 0 aliphatic carbocycles. The van der Waals surface area contributed by atoms with Crippen LogP contribution in [0.4, 0.5) is 0 Å². The van der Waals surface area contributed by atoms with Gasteiger partial charge in [-0.15, -0.1) is 11.3 Å². The molecule has 1 N–H and O–H groups in total. The van der Waals surface area contributed by atoms with Gasteiger partial charge in [0.05, 0.1) is 0 Å². The molecule has 2 aromatic rings. The van der Waals surface area contributed by atoms with E-state index in [1.54, 1.807) is 0 Å². The van der Waals surface area contributed by atoms with Crippen LogP contribution in [0, 0.1) is 6.92 Å². The SMILES string of the molecule is CNC(CCc1cccs1)c1cccnc1C. The van der Waals surface area contributed by atoms with Crippen LogP contribution in [0.1, 0.15) is 28.6 Å². The molecule has 2 rings (SSSR count). The van der Waals surface area contributed by atoms with E-state index in [4.69, 9.17) is 0 Å². The minimum Gasteiger partial charge on any atom is -0.313 e. The van der Waals surface area contributed by atoms with Crippen molar-refractivity contribution in [2.24, 2.45) is 0 Å². The highest BCUT2D eigenvalue weighted by Crippen LogP contribution is 2.22. The Labute approximate surface area is 107 Å². The van der Waals surface area contributed by atoms with Gasteiger partial charge in [-0.2, -0.15) is 0 Å². The summed E-state index contributed by atoms with van der Waals surface area (Å²) in [5.41, 5.74) is 2.43. The van der Waals surface area contributed by atoms with Crippen LogP contribution in [-0.4, -0.2) is 12.0 Å². The van der Waals surface area contributed by atoms with Crippen LogP contribution in [0.25, 0.3) is 0 Å². The van der Waals surface area contributed by atoms with Crippen LogP contribution in [0.5, 0.6) is 0 Å². The molecule has 0 saturated carbocycles. The van der Waals surface area contributed by atoms with E-state index in [1.165, 1.54) is 10.4 Å². The van der Waals surface area contributed by atoms with E-state index in [0.717, 1.165) is 18.5 Å². The number of nitrogens with one attached hydrogen (secondary N) is 1. The number of hydrogen-bond donors (Lipinski definition) is 1. The summed E-state index contributed by atoms with van der Waals surface area (Å²) in [6.07, 6.45) is 4.09. The molecule has 0 bridgehead atoms. The number of nitrogens with zero attached hydrogens (tertiary/aromatic N) is 1. The molecule has 1 atom stereocenters. The van der Waals surface area contributed by atoms with E-state index in [9.17, 15) is 0 Å². The lowest BCUT2D eigenvalue weighted by Gasteiger charge is -2.17. The van der Waals surface area contributed by atoms with Gasteiger partial charge in [0, 0.05) is 22.8 Å². The summed E-state index contributed by atoms with van der Waals surface area (Å²) in [5, 5.41) is 5.52. The first-order valence-electron chi connectivity index (χ1n) is 5.92. The summed E-state index contributed by atoms with van der Waals surface area (Å²) in [6.45, 7) is 2.07. The lowest BCUT2D eigenvalue weighted by Crippen LogP contribution is -2.18. The van der Waals surface area contributed by atoms with Crippen molar-refractivity contribution in [3.8, 4) is 0 Å². The highest BCUT2D eigenvalue weighted by Gasteiger charge is 2.12. The largest absolute Gasteiger partial charge is 0.313 e. The molecule has 0 spiro atoms. The first-order valence-corrected chi connectivity index (χ1v) is 6.80. The molecule has 0 aliphatic rings. The molecule has 1 unspecified atom stereocenters. The van der Waals surface area contributed by atoms with E-state index in [0.29, 0.717) is 6.04 Å². The smallest absolute Gasteiger partial charge is 0.0420 e. The maximum atomic E-state index is 4.36. The molecule has 0 fully saturated rings. The lowest BCUT2D eigenvalue weighted by molar-refractivity contribution is 0.546. The molecule has 0 aromatic carbocycles. The third-order valence-corrected chi connectivity index (χ3v) is 3.97. The zero-order chi connectivity index (χ0) is 12.1. The normalized spacial score (nSPS) is 12.6. The van der Waals surface area contributed by atoms with Crippen molar-refractivity contribution in [3.63, 3.8) is 0 Å². The highest BCUT2D eigenvalue weighted by molar-refractivity contribution is 7.09. The maximum absolute atomic E-state index is 4.36. The van der Waals surface area contributed by atoms with Gasteiger partial charge in [-0.1, -0.05) is 12.1 Å². The highest BCUT2D eigenvalue weighted by atomic mass is 32.1. The van der Waals surface area contributed by atoms with Gasteiger partial charge in [-0.3, -0.25) is 4.98 Å². The molecule has 0 aliphatic heterocycles. The van der Waals surface area contributed by atoms with Crippen molar-refractivity contribution in [2.75, 3.05) is 7.05 Å². The molecule has 0 saturated heterocycles. The summed E-state index contributed by atoms with van der Waals surface area (Å²) in [6, 6.07) is 8.89. The number of aryl methyl sites for hydroxylation is 2. The van der Waals surface area contributed by atoms with Crippen molar-refractivity contribution in [1.29, 1.82) is 0 Å². The van der Waals surface area contributed by atoms with Crippen molar-refractivity contribution in [2.45, 2.75) is 25.8 Å². The molecular weight excluding hydrogens is 228 g/mol. The van der Waals surface area contributed by atoms with Crippen LogP contribution in [0.3, 0.4) is 0 Å². The summed E-state index contributed by atoms with van der Waals surface area (Å²) in [7, 11) is 2.02. The molecule has 3 heteroatoms. The topological polar surface area (TPSA) is 24.9 Å². The molecule has 2 heterocycles. The van der Waals surface area contributed by atoms with Gasteiger partial charge in [0.1, 0.15) is 0 Å². The van der Waals surface area contributed by atoms with Gasteiger partial charge in [0.15, 0.2) is 0 Å². The molecule has 2 aromatic heterocycles. The zero-order valence-electron chi connectivity index (χ0n) is 10.3. The first-order chi connectivity index (χ1) is 8.31. The Bertz CT molecular complexity index is 451. The van der Waals surface area contributed by atoms with Crippen LogP contribution < -0.4 is 5.32 Å². The van der Waals surface area contributed by atoms with Crippen LogP contribution >= 0.6 is 11.3 Å². The molecular formula is C14H18N2S. The summed E-state index contributed by atoms with van der Waals surface area (Å²) >= 11 is 1.83. The average molecular weight is 246 g/mol. The number of thiophene rings is 1. The van der Waals surface area contributed by atoms with Crippen molar-refractivity contribution < 1.29 is 0 Å². The fraction of sp³-hybridized carbons (Fsp3) is 0.357. The summed E-state index contributed by atoms with van der Waals surface area (Å²) < 4.78 is 0. The van der Waals surface area contributed by atoms with E-state index < -0.39 is 0 Å².